The van der Waals surface area contributed by atoms with Gasteiger partial charge in [0.25, 0.3) is 0 Å². The predicted molar refractivity (Wildman–Crippen MR) is 153 cm³/mol. The minimum atomic E-state index is -1.30. The number of methoxy groups -OCH3 is 1. The molecule has 2 aromatic carbocycles. The van der Waals surface area contributed by atoms with Gasteiger partial charge >= 0.3 is 0 Å². The summed E-state index contributed by atoms with van der Waals surface area (Å²) in [6.45, 7) is 4.25. The van der Waals surface area contributed by atoms with Crippen molar-refractivity contribution < 1.29 is 19.3 Å². The van der Waals surface area contributed by atoms with E-state index in [1.807, 2.05) is 30.5 Å². The van der Waals surface area contributed by atoms with E-state index in [0.717, 1.165) is 5.56 Å². The van der Waals surface area contributed by atoms with Gasteiger partial charge in [0.15, 0.2) is 29.3 Å². The highest BCUT2D eigenvalue weighted by Gasteiger charge is 2.45. The van der Waals surface area contributed by atoms with Gasteiger partial charge in [0.1, 0.15) is 5.69 Å². The third-order valence-electron chi connectivity index (χ3n) is 6.88. The van der Waals surface area contributed by atoms with Gasteiger partial charge in [0.2, 0.25) is 5.95 Å². The molecule has 5 rings (SSSR count). The summed E-state index contributed by atoms with van der Waals surface area (Å²) in [6.07, 6.45) is 0.253. The van der Waals surface area contributed by atoms with Crippen LogP contribution in [0.2, 0.25) is 10.0 Å². The maximum Gasteiger partial charge on any atom is 0.226 e. The maximum absolute atomic E-state index is 15.4. The molecule has 40 heavy (non-hydrogen) atoms. The van der Waals surface area contributed by atoms with Crippen LogP contribution in [0.5, 0.6) is 5.75 Å². The molecule has 0 fully saturated rings. The zero-order chi connectivity index (χ0) is 28.7. The van der Waals surface area contributed by atoms with Crippen LogP contribution >= 0.6 is 23.2 Å². The quantitative estimate of drug-likeness (QED) is 0.283. The lowest BCUT2D eigenvalue weighted by atomic mass is 10.0. The largest absolute Gasteiger partial charge is 0.493 e. The number of rotatable bonds is 8. The van der Waals surface area contributed by atoms with E-state index in [1.165, 1.54) is 13.2 Å². The second kappa shape index (κ2) is 11.2. The molecular formula is C28H29Cl2FN6O3. The lowest BCUT2D eigenvalue weighted by Gasteiger charge is -2.32. The van der Waals surface area contributed by atoms with E-state index < -0.39 is 18.1 Å². The molecule has 210 valence electrons. The number of hydrogen-bond donors (Lipinski definition) is 2. The lowest BCUT2D eigenvalue weighted by molar-refractivity contribution is 0.173. The van der Waals surface area contributed by atoms with Crippen LogP contribution in [0.4, 0.5) is 16.0 Å². The molecule has 12 heteroatoms. The van der Waals surface area contributed by atoms with Gasteiger partial charge in [-0.2, -0.15) is 0 Å². The molecule has 1 aliphatic rings. The summed E-state index contributed by atoms with van der Waals surface area (Å²) < 4.78 is 23.0. The number of aliphatic hydroxyl groups excluding tert-OH is 2. The standard InChI is InChI=1S/C28H29Cl2FN6O3/c1-15(2)36-25-23(33-26(36)22-20(40-4)14-32-28(34-22)35(3)12-13-38)27(39)37(19-7-5-6-18(30)21(19)31)24(25)16-8-10-17(29)11-9-16/h5-11,14-15,24,27,38-39H,12-13H2,1-4H3. The Morgan fingerprint density at radius 2 is 1.85 bits per heavy atom. The summed E-state index contributed by atoms with van der Waals surface area (Å²) >= 11 is 12.4. The summed E-state index contributed by atoms with van der Waals surface area (Å²) in [6, 6.07) is 11.1. The van der Waals surface area contributed by atoms with Gasteiger partial charge in [0, 0.05) is 24.7 Å². The van der Waals surface area contributed by atoms with Crippen LogP contribution in [0.25, 0.3) is 11.5 Å². The molecule has 2 atom stereocenters. The van der Waals surface area contributed by atoms with Crippen LogP contribution < -0.4 is 14.5 Å². The molecule has 2 aromatic heterocycles. The Kier molecular flexibility index (Phi) is 7.87. The van der Waals surface area contributed by atoms with Crippen molar-refractivity contribution in [3.63, 3.8) is 0 Å². The van der Waals surface area contributed by atoms with Gasteiger partial charge in [-0.05, 0) is 43.7 Å². The molecule has 0 saturated carbocycles. The molecular weight excluding hydrogens is 558 g/mol. The zero-order valence-electron chi connectivity index (χ0n) is 22.4. The minimum absolute atomic E-state index is 0.0539. The van der Waals surface area contributed by atoms with Gasteiger partial charge in [-0.3, -0.25) is 0 Å². The van der Waals surface area contributed by atoms with E-state index in [-0.39, 0.29) is 23.4 Å². The van der Waals surface area contributed by atoms with Crippen LogP contribution in [0.1, 0.15) is 49.1 Å². The summed E-state index contributed by atoms with van der Waals surface area (Å²) in [7, 11) is 3.29. The van der Waals surface area contributed by atoms with Gasteiger partial charge in [0.05, 0.1) is 42.4 Å². The van der Waals surface area contributed by atoms with Gasteiger partial charge in [-0.1, -0.05) is 41.4 Å². The van der Waals surface area contributed by atoms with E-state index in [0.29, 0.717) is 46.2 Å². The molecule has 0 spiro atoms. The molecule has 3 heterocycles. The molecule has 2 unspecified atom stereocenters. The monoisotopic (exact) mass is 586 g/mol. The highest BCUT2D eigenvalue weighted by atomic mass is 35.5. The van der Waals surface area contributed by atoms with E-state index in [4.69, 9.17) is 37.9 Å². The number of anilines is 2. The maximum atomic E-state index is 15.4. The first-order chi connectivity index (χ1) is 19.2. The summed E-state index contributed by atoms with van der Waals surface area (Å²) in [5.41, 5.74) is 2.36. The number of fused-ring (bicyclic) bond motifs is 1. The van der Waals surface area contributed by atoms with Crippen molar-refractivity contribution in [2.75, 3.05) is 37.1 Å². The van der Waals surface area contributed by atoms with E-state index in [2.05, 4.69) is 4.98 Å². The molecule has 0 amide bonds. The number of hydrogen-bond acceptors (Lipinski definition) is 8. The normalized spacial score (nSPS) is 16.5. The van der Waals surface area contributed by atoms with Crippen molar-refractivity contribution in [3.8, 4) is 17.3 Å². The van der Waals surface area contributed by atoms with Crippen molar-refractivity contribution in [1.82, 2.24) is 19.5 Å². The lowest BCUT2D eigenvalue weighted by Crippen LogP contribution is -2.29. The number of imidazole rings is 1. The second-order valence-corrected chi connectivity index (χ2v) is 10.6. The number of ether oxygens (including phenoxy) is 1. The van der Waals surface area contributed by atoms with Crippen LogP contribution in [0.15, 0.2) is 48.7 Å². The Labute approximate surface area is 241 Å². The topological polar surface area (TPSA) is 99.8 Å². The molecule has 0 radical (unpaired) electrons. The molecule has 2 N–H and O–H groups in total. The number of benzene rings is 2. The Bertz CT molecular complexity index is 1530. The summed E-state index contributed by atoms with van der Waals surface area (Å²) in [4.78, 5) is 17.3. The van der Waals surface area contributed by atoms with Crippen molar-refractivity contribution in [3.05, 3.63) is 81.5 Å². The van der Waals surface area contributed by atoms with Gasteiger partial charge in [-0.15, -0.1) is 0 Å². The van der Waals surface area contributed by atoms with E-state index in [1.54, 1.807) is 47.3 Å². The number of likely N-dealkylation sites (N-methyl/N-ethyl adjacent to an activating group) is 1. The molecule has 9 nitrogen and oxygen atoms in total. The minimum Gasteiger partial charge on any atom is -0.493 e. The van der Waals surface area contributed by atoms with Crippen molar-refractivity contribution in [1.29, 1.82) is 0 Å². The Morgan fingerprint density at radius 1 is 1.12 bits per heavy atom. The van der Waals surface area contributed by atoms with E-state index >= 15 is 4.39 Å². The van der Waals surface area contributed by atoms with Crippen LogP contribution in [0.3, 0.4) is 0 Å². The highest BCUT2D eigenvalue weighted by molar-refractivity contribution is 6.31. The molecule has 0 saturated heterocycles. The Hall–Kier alpha value is -3.44. The SMILES string of the molecule is COc1cnc(N(C)CCO)nc1-c1nc2c(n1C(C)C)C(c1ccc(Cl)cc1)N(c1cccc(Cl)c1F)C2O. The first-order valence-corrected chi connectivity index (χ1v) is 13.4. The average Bonchev–Trinajstić information content (AvgIpc) is 3.46. The van der Waals surface area contributed by atoms with Crippen LogP contribution in [0, 0.1) is 5.82 Å². The fourth-order valence-corrected chi connectivity index (χ4v) is 5.35. The van der Waals surface area contributed by atoms with Crippen molar-refractivity contribution in [2.45, 2.75) is 32.2 Å². The number of aliphatic hydroxyl groups is 2. The Balaban J connectivity index is 1.77. The van der Waals surface area contributed by atoms with Crippen molar-refractivity contribution >= 4 is 34.8 Å². The third kappa shape index (κ3) is 4.75. The number of nitrogens with zero attached hydrogens (tertiary/aromatic N) is 6. The van der Waals surface area contributed by atoms with Crippen LogP contribution in [-0.4, -0.2) is 57.0 Å². The average molecular weight is 587 g/mol. The molecule has 1 aliphatic heterocycles. The van der Waals surface area contributed by atoms with Crippen molar-refractivity contribution in [2.24, 2.45) is 0 Å². The van der Waals surface area contributed by atoms with Gasteiger partial charge < -0.3 is 29.3 Å². The molecule has 4 aromatic rings. The number of halogens is 3. The summed E-state index contributed by atoms with van der Waals surface area (Å²) in [5.74, 6) is 0.586. The fraction of sp³-hybridized carbons (Fsp3) is 0.321. The first-order valence-electron chi connectivity index (χ1n) is 12.7. The van der Waals surface area contributed by atoms with E-state index in [9.17, 15) is 10.2 Å². The summed E-state index contributed by atoms with van der Waals surface area (Å²) in [5, 5.41) is 21.6. The van der Waals surface area contributed by atoms with Gasteiger partial charge in [-0.25, -0.2) is 19.3 Å². The molecule has 0 bridgehead atoms. The fourth-order valence-electron chi connectivity index (χ4n) is 5.05. The smallest absolute Gasteiger partial charge is 0.226 e. The Morgan fingerprint density at radius 3 is 2.50 bits per heavy atom. The zero-order valence-corrected chi connectivity index (χ0v) is 23.9. The first kappa shape index (κ1) is 28.1. The number of aromatic nitrogens is 4. The van der Waals surface area contributed by atoms with Crippen LogP contribution in [-0.2, 0) is 0 Å². The second-order valence-electron chi connectivity index (χ2n) is 9.71. The third-order valence-corrected chi connectivity index (χ3v) is 7.43. The highest BCUT2D eigenvalue weighted by Crippen LogP contribution is 2.50. The predicted octanol–water partition coefficient (Wildman–Crippen LogP) is 5.40. The molecule has 0 aliphatic carbocycles.